The lowest BCUT2D eigenvalue weighted by molar-refractivity contribution is -0.114. The Labute approximate surface area is 271 Å². The van der Waals surface area contributed by atoms with Gasteiger partial charge in [0, 0.05) is 33.4 Å². The molecular formula is C36H40Cl4O2. The molecule has 224 valence electrons. The minimum absolute atomic E-state index is 0.0549. The van der Waals surface area contributed by atoms with E-state index >= 15 is 0 Å². The van der Waals surface area contributed by atoms with Crippen LogP contribution in [0.3, 0.4) is 0 Å². The smallest absolute Gasteiger partial charge is 0.186 e. The minimum atomic E-state index is -0.381. The van der Waals surface area contributed by atoms with Crippen LogP contribution in [0.15, 0.2) is 100 Å². The van der Waals surface area contributed by atoms with Gasteiger partial charge >= 0.3 is 0 Å². The van der Waals surface area contributed by atoms with Crippen LogP contribution in [0.25, 0.3) is 0 Å². The van der Waals surface area contributed by atoms with Crippen LogP contribution in [-0.4, -0.2) is 11.6 Å². The van der Waals surface area contributed by atoms with Gasteiger partial charge in [0.05, 0.1) is 20.1 Å². The maximum Gasteiger partial charge on any atom is 0.186 e. The number of carbonyl (C=O) groups excluding carboxylic acids is 2. The van der Waals surface area contributed by atoms with Crippen LogP contribution in [0.1, 0.15) is 83.1 Å². The van der Waals surface area contributed by atoms with Crippen molar-refractivity contribution in [2.45, 2.75) is 83.1 Å². The zero-order valence-corrected chi connectivity index (χ0v) is 29.7. The van der Waals surface area contributed by atoms with Crippen molar-refractivity contribution in [3.8, 4) is 0 Å². The highest BCUT2D eigenvalue weighted by atomic mass is 35.5. The van der Waals surface area contributed by atoms with Crippen molar-refractivity contribution in [1.82, 2.24) is 0 Å². The fraction of sp³-hybridized carbons (Fsp3) is 0.444. The molecule has 1 saturated carbocycles. The highest BCUT2D eigenvalue weighted by molar-refractivity contribution is 6.55. The average Bonchev–Trinajstić information content (AvgIpc) is 3.50. The first-order valence-electron chi connectivity index (χ1n) is 14.2. The number of ketones is 2. The summed E-state index contributed by atoms with van der Waals surface area (Å²) in [7, 11) is 0. The number of carbonyl (C=O) groups is 2. The van der Waals surface area contributed by atoms with Crippen molar-refractivity contribution in [3.63, 3.8) is 0 Å². The first kappa shape index (κ1) is 33.1. The number of hydrogen-bond acceptors (Lipinski definition) is 2. The molecule has 0 spiro atoms. The average molecular weight is 647 g/mol. The summed E-state index contributed by atoms with van der Waals surface area (Å²) in [6.45, 7) is 24.6. The monoisotopic (exact) mass is 644 g/mol. The van der Waals surface area contributed by atoms with Crippen LogP contribution < -0.4 is 0 Å². The Morgan fingerprint density at radius 2 is 0.619 bits per heavy atom. The third-order valence-corrected chi connectivity index (χ3v) is 9.74. The normalized spacial score (nSPS) is 21.0. The molecule has 42 heavy (non-hydrogen) atoms. The van der Waals surface area contributed by atoms with Gasteiger partial charge in [-0.15, -0.1) is 0 Å². The Balaban J connectivity index is 2.21. The van der Waals surface area contributed by atoms with E-state index < -0.39 is 0 Å². The molecule has 0 radical (unpaired) electrons. The second-order valence-electron chi connectivity index (χ2n) is 15.6. The predicted octanol–water partition coefficient (Wildman–Crippen LogP) is 11.3. The number of halogens is 4. The van der Waals surface area contributed by atoms with Crippen molar-refractivity contribution < 1.29 is 9.59 Å². The fourth-order valence-electron chi connectivity index (χ4n) is 5.52. The van der Waals surface area contributed by atoms with E-state index in [9.17, 15) is 9.59 Å². The second-order valence-corrected chi connectivity index (χ2v) is 17.1. The SMILES string of the molecule is CC(C)(C)C1=CC(=C2C(=C3C=C(C(C)(C)C)C(=O)C(C(C)(C)C)=C3)C2=C2C(Cl)=C(Cl)C(Cl)=C2Cl)C=C(C(C)(C)C)C1=O. The molecule has 0 atom stereocenters. The topological polar surface area (TPSA) is 34.1 Å². The van der Waals surface area contributed by atoms with Gasteiger partial charge in [-0.25, -0.2) is 0 Å². The molecule has 4 rings (SSSR count). The molecule has 0 unspecified atom stereocenters. The van der Waals surface area contributed by atoms with E-state index in [-0.39, 0.29) is 53.4 Å². The van der Waals surface area contributed by atoms with E-state index in [1.807, 2.05) is 24.3 Å². The maximum absolute atomic E-state index is 13.7. The summed E-state index contributed by atoms with van der Waals surface area (Å²) in [6, 6.07) is 0. The summed E-state index contributed by atoms with van der Waals surface area (Å²) < 4.78 is 0. The summed E-state index contributed by atoms with van der Waals surface area (Å²) in [5.41, 5.74) is 6.46. The first-order valence-corrected chi connectivity index (χ1v) is 15.7. The van der Waals surface area contributed by atoms with E-state index in [1.54, 1.807) is 0 Å². The molecule has 0 aromatic carbocycles. The second kappa shape index (κ2) is 10.4. The quantitative estimate of drug-likeness (QED) is 0.263. The highest BCUT2D eigenvalue weighted by Gasteiger charge is 2.45. The molecule has 1 fully saturated rings. The van der Waals surface area contributed by atoms with Crippen LogP contribution in [0.2, 0.25) is 0 Å². The number of rotatable bonds is 0. The third kappa shape index (κ3) is 5.70. The van der Waals surface area contributed by atoms with Crippen molar-refractivity contribution in [1.29, 1.82) is 0 Å². The lowest BCUT2D eigenvalue weighted by Gasteiger charge is -2.31. The van der Waals surface area contributed by atoms with Crippen LogP contribution in [-0.2, 0) is 9.59 Å². The number of allylic oxidation sites excluding steroid dienone is 18. The van der Waals surface area contributed by atoms with Crippen molar-refractivity contribution in [2.75, 3.05) is 0 Å². The van der Waals surface area contributed by atoms with Gasteiger partial charge in [-0.3, -0.25) is 9.59 Å². The molecule has 0 N–H and O–H groups in total. The van der Waals surface area contributed by atoms with Gasteiger partial charge in [0.15, 0.2) is 11.6 Å². The largest absolute Gasteiger partial charge is 0.289 e. The molecule has 0 amide bonds. The molecule has 0 bridgehead atoms. The van der Waals surface area contributed by atoms with Gasteiger partial charge in [-0.2, -0.15) is 0 Å². The van der Waals surface area contributed by atoms with Gasteiger partial charge in [-0.05, 0) is 68.3 Å². The van der Waals surface area contributed by atoms with E-state index in [0.29, 0.717) is 5.57 Å². The van der Waals surface area contributed by atoms with E-state index in [1.165, 1.54) is 0 Å². The number of hydrogen-bond donors (Lipinski definition) is 0. The van der Waals surface area contributed by atoms with Gasteiger partial charge in [-0.1, -0.05) is 129 Å². The Hall–Kier alpha value is -1.84. The first-order chi connectivity index (χ1) is 18.9. The van der Waals surface area contributed by atoms with Crippen molar-refractivity contribution in [3.05, 3.63) is 100 Å². The molecule has 0 aliphatic heterocycles. The molecule has 6 heteroatoms. The molecule has 2 nitrogen and oxygen atoms in total. The maximum atomic E-state index is 13.7. The summed E-state index contributed by atoms with van der Waals surface area (Å²) in [4.78, 5) is 27.5. The Morgan fingerprint density at radius 1 is 0.381 bits per heavy atom. The molecule has 4 aliphatic rings. The highest BCUT2D eigenvalue weighted by Crippen LogP contribution is 2.60. The summed E-state index contributed by atoms with van der Waals surface area (Å²) in [5.74, 6) is 0.110. The Kier molecular flexibility index (Phi) is 8.16. The number of Topliss-reactive ketones (excluding diaryl/α,β-unsaturated/α-hetero) is 2. The minimum Gasteiger partial charge on any atom is -0.289 e. The van der Waals surface area contributed by atoms with Crippen molar-refractivity contribution >= 4 is 58.0 Å². The van der Waals surface area contributed by atoms with Gasteiger partial charge in [0.1, 0.15) is 0 Å². The zero-order chi connectivity index (χ0) is 32.1. The zero-order valence-electron chi connectivity index (χ0n) is 26.6. The van der Waals surface area contributed by atoms with Crippen LogP contribution in [0, 0.1) is 21.7 Å². The molecule has 0 aromatic heterocycles. The summed E-state index contributed by atoms with van der Waals surface area (Å²) in [5, 5.41) is 0.985. The van der Waals surface area contributed by atoms with Crippen LogP contribution in [0.4, 0.5) is 0 Å². The summed E-state index contributed by atoms with van der Waals surface area (Å²) in [6.07, 6.45) is 7.96. The van der Waals surface area contributed by atoms with E-state index in [4.69, 9.17) is 46.4 Å². The van der Waals surface area contributed by atoms with Gasteiger partial charge < -0.3 is 0 Å². The van der Waals surface area contributed by atoms with E-state index in [0.717, 1.165) is 50.2 Å². The Morgan fingerprint density at radius 3 is 0.833 bits per heavy atom. The van der Waals surface area contributed by atoms with E-state index in [2.05, 4.69) is 83.1 Å². The molecule has 0 saturated heterocycles. The lowest BCUT2D eigenvalue weighted by atomic mass is 9.71. The summed E-state index contributed by atoms with van der Waals surface area (Å²) >= 11 is 26.5. The molecule has 0 aromatic rings. The standard InChI is InChI=1S/C36H40Cl4O2/c1-33(2,3)19-13-17(14-20(31(19)41)34(4,5)6)23-24(25(23)26-27(37)29(39)30(40)28(26)38)18-15-21(35(7,8)9)32(42)22(16-18)36(10,11)12/h13-16H,1-12H3. The third-order valence-electron chi connectivity index (χ3n) is 7.94. The lowest BCUT2D eigenvalue weighted by Crippen LogP contribution is -2.28. The molecular weight excluding hydrogens is 606 g/mol. The van der Waals surface area contributed by atoms with Crippen LogP contribution >= 0.6 is 46.4 Å². The molecule has 4 aliphatic carbocycles. The molecule has 0 heterocycles. The fourth-order valence-corrected chi connectivity index (χ4v) is 6.61. The van der Waals surface area contributed by atoms with Crippen molar-refractivity contribution in [2.24, 2.45) is 21.7 Å². The van der Waals surface area contributed by atoms with Gasteiger partial charge in [0.25, 0.3) is 0 Å². The predicted molar refractivity (Wildman–Crippen MR) is 179 cm³/mol. The van der Waals surface area contributed by atoms with Gasteiger partial charge in [0.2, 0.25) is 0 Å². The van der Waals surface area contributed by atoms with Crippen LogP contribution in [0.5, 0.6) is 0 Å². The Bertz CT molecular complexity index is 1440.